The van der Waals surface area contributed by atoms with Crippen LogP contribution in [0.3, 0.4) is 0 Å². The largest absolute Gasteiger partial charge is 0.324 e. The van der Waals surface area contributed by atoms with Gasteiger partial charge in [-0.1, -0.05) is 13.8 Å². The predicted octanol–water partition coefficient (Wildman–Crippen LogP) is 2.05. The van der Waals surface area contributed by atoms with Gasteiger partial charge in [0.1, 0.15) is 0 Å². The first kappa shape index (κ1) is 13.9. The number of hydrogen-bond acceptors (Lipinski definition) is 4. The summed E-state index contributed by atoms with van der Waals surface area (Å²) in [7, 11) is 0. The standard InChI is InChI=1S/C13H16N2O3S/c1-8(2)6-18-15-13(17)9-3-4-11-10(5-9)14-12(16)7-19-11/h3-5,8H,6-7H2,1-2H3,(H,14,16)(H,15,17). The van der Waals surface area contributed by atoms with Crippen LogP contribution in [0.1, 0.15) is 24.2 Å². The van der Waals surface area contributed by atoms with E-state index < -0.39 is 0 Å². The number of carbonyl (C=O) groups is 2. The highest BCUT2D eigenvalue weighted by Gasteiger charge is 2.17. The number of rotatable bonds is 4. The number of amides is 2. The molecule has 0 unspecified atom stereocenters. The normalized spacial score (nSPS) is 13.9. The Bertz CT molecular complexity index is 503. The van der Waals surface area contributed by atoms with Crippen molar-refractivity contribution < 1.29 is 14.4 Å². The second kappa shape index (κ2) is 6.08. The number of anilines is 1. The van der Waals surface area contributed by atoms with Crippen molar-refractivity contribution >= 4 is 29.3 Å². The fraction of sp³-hybridized carbons (Fsp3) is 0.385. The summed E-state index contributed by atoms with van der Waals surface area (Å²) in [6, 6.07) is 5.21. The summed E-state index contributed by atoms with van der Waals surface area (Å²) in [6.07, 6.45) is 0. The third kappa shape index (κ3) is 3.71. The molecule has 0 spiro atoms. The van der Waals surface area contributed by atoms with E-state index in [1.54, 1.807) is 12.1 Å². The van der Waals surface area contributed by atoms with Crippen LogP contribution in [0.5, 0.6) is 0 Å². The smallest absolute Gasteiger partial charge is 0.274 e. The molecular weight excluding hydrogens is 264 g/mol. The van der Waals surface area contributed by atoms with Crippen LogP contribution in [0, 0.1) is 5.92 Å². The lowest BCUT2D eigenvalue weighted by atomic mass is 10.2. The van der Waals surface area contributed by atoms with Gasteiger partial charge in [-0.15, -0.1) is 11.8 Å². The maximum Gasteiger partial charge on any atom is 0.274 e. The molecule has 1 aliphatic heterocycles. The molecule has 19 heavy (non-hydrogen) atoms. The highest BCUT2D eigenvalue weighted by Crippen LogP contribution is 2.31. The van der Waals surface area contributed by atoms with E-state index in [-0.39, 0.29) is 11.8 Å². The van der Waals surface area contributed by atoms with Crippen LogP contribution >= 0.6 is 11.8 Å². The molecule has 2 rings (SSSR count). The first-order valence-electron chi connectivity index (χ1n) is 6.05. The number of carbonyl (C=O) groups excluding carboxylic acids is 2. The molecule has 0 aromatic heterocycles. The molecule has 1 heterocycles. The Labute approximate surface area is 116 Å². The SMILES string of the molecule is CC(C)CONC(=O)c1ccc2c(c1)NC(=O)CS2. The van der Waals surface area contributed by atoms with Crippen molar-refractivity contribution in [3.05, 3.63) is 23.8 Å². The predicted molar refractivity (Wildman–Crippen MR) is 74.1 cm³/mol. The molecule has 1 aromatic carbocycles. The molecule has 1 aromatic rings. The second-order valence-electron chi connectivity index (χ2n) is 4.68. The zero-order valence-corrected chi connectivity index (χ0v) is 11.7. The number of fused-ring (bicyclic) bond motifs is 1. The first-order chi connectivity index (χ1) is 9.06. The number of nitrogens with one attached hydrogen (secondary N) is 2. The van der Waals surface area contributed by atoms with E-state index >= 15 is 0 Å². The highest BCUT2D eigenvalue weighted by molar-refractivity contribution is 8.00. The van der Waals surface area contributed by atoms with Gasteiger partial charge >= 0.3 is 0 Å². The van der Waals surface area contributed by atoms with Crippen molar-refractivity contribution in [3.63, 3.8) is 0 Å². The lowest BCUT2D eigenvalue weighted by Gasteiger charge is -2.17. The van der Waals surface area contributed by atoms with Gasteiger partial charge in [-0.05, 0) is 24.1 Å². The third-order valence-corrected chi connectivity index (χ3v) is 3.53. The molecule has 2 amide bonds. The van der Waals surface area contributed by atoms with Gasteiger partial charge in [0.2, 0.25) is 5.91 Å². The fourth-order valence-corrected chi connectivity index (χ4v) is 2.35. The van der Waals surface area contributed by atoms with E-state index in [9.17, 15) is 9.59 Å². The molecule has 0 radical (unpaired) electrons. The van der Waals surface area contributed by atoms with Crippen molar-refractivity contribution in [2.75, 3.05) is 17.7 Å². The van der Waals surface area contributed by atoms with Crippen LogP contribution in [0.15, 0.2) is 23.1 Å². The molecule has 0 bridgehead atoms. The Hall–Kier alpha value is -1.53. The minimum atomic E-state index is -0.312. The monoisotopic (exact) mass is 280 g/mol. The van der Waals surface area contributed by atoms with Crippen LogP contribution in [0.25, 0.3) is 0 Å². The van der Waals surface area contributed by atoms with Gasteiger partial charge in [0.15, 0.2) is 0 Å². The first-order valence-corrected chi connectivity index (χ1v) is 7.03. The van der Waals surface area contributed by atoms with Gasteiger partial charge in [-0.25, -0.2) is 5.48 Å². The van der Waals surface area contributed by atoms with Crippen molar-refractivity contribution in [1.82, 2.24) is 5.48 Å². The van der Waals surface area contributed by atoms with Crippen LogP contribution in [0.4, 0.5) is 5.69 Å². The maximum absolute atomic E-state index is 11.8. The summed E-state index contributed by atoms with van der Waals surface area (Å²) in [6.45, 7) is 4.46. The van der Waals surface area contributed by atoms with Crippen LogP contribution in [-0.2, 0) is 9.63 Å². The third-order valence-electron chi connectivity index (χ3n) is 2.46. The number of hydroxylamine groups is 1. The lowest BCUT2D eigenvalue weighted by molar-refractivity contribution is -0.113. The Kier molecular flexibility index (Phi) is 4.44. The molecule has 102 valence electrons. The average molecular weight is 280 g/mol. The average Bonchev–Trinajstić information content (AvgIpc) is 2.37. The summed E-state index contributed by atoms with van der Waals surface area (Å²) < 4.78 is 0. The van der Waals surface area contributed by atoms with Crippen molar-refractivity contribution in [2.45, 2.75) is 18.7 Å². The number of thioether (sulfide) groups is 1. The summed E-state index contributed by atoms with van der Waals surface area (Å²) >= 11 is 1.46. The van der Waals surface area contributed by atoms with Crippen molar-refractivity contribution in [2.24, 2.45) is 5.92 Å². The number of benzene rings is 1. The van der Waals surface area contributed by atoms with Gasteiger partial charge in [0.05, 0.1) is 18.0 Å². The van der Waals surface area contributed by atoms with Gasteiger partial charge < -0.3 is 5.32 Å². The summed E-state index contributed by atoms with van der Waals surface area (Å²) in [5.74, 6) is 0.398. The Morgan fingerprint density at radius 3 is 3.05 bits per heavy atom. The second-order valence-corrected chi connectivity index (χ2v) is 5.70. The topological polar surface area (TPSA) is 67.4 Å². The van der Waals surface area contributed by atoms with E-state index in [0.29, 0.717) is 29.5 Å². The van der Waals surface area contributed by atoms with E-state index in [1.807, 2.05) is 19.9 Å². The highest BCUT2D eigenvalue weighted by atomic mass is 32.2. The summed E-state index contributed by atoms with van der Waals surface area (Å²) in [4.78, 5) is 29.2. The molecule has 0 saturated carbocycles. The number of hydrogen-bond donors (Lipinski definition) is 2. The van der Waals surface area contributed by atoms with Crippen molar-refractivity contribution in [1.29, 1.82) is 0 Å². The van der Waals surface area contributed by atoms with Gasteiger partial charge in [-0.2, -0.15) is 0 Å². The van der Waals surface area contributed by atoms with E-state index in [4.69, 9.17) is 4.84 Å². The van der Waals surface area contributed by atoms with Gasteiger partial charge in [-0.3, -0.25) is 14.4 Å². The molecule has 1 aliphatic rings. The van der Waals surface area contributed by atoms with Crippen LogP contribution < -0.4 is 10.8 Å². The zero-order chi connectivity index (χ0) is 13.8. The molecule has 0 saturated heterocycles. The minimum Gasteiger partial charge on any atom is -0.324 e. The van der Waals surface area contributed by atoms with E-state index in [1.165, 1.54) is 11.8 Å². The summed E-state index contributed by atoms with van der Waals surface area (Å²) in [5.41, 5.74) is 3.53. The molecular formula is C13H16N2O3S. The summed E-state index contributed by atoms with van der Waals surface area (Å²) in [5, 5.41) is 2.75. The van der Waals surface area contributed by atoms with Crippen LogP contribution in [0.2, 0.25) is 0 Å². The zero-order valence-electron chi connectivity index (χ0n) is 10.9. The van der Waals surface area contributed by atoms with Gasteiger partial charge in [0.25, 0.3) is 5.91 Å². The molecule has 2 N–H and O–H groups in total. The fourth-order valence-electron chi connectivity index (χ4n) is 1.56. The van der Waals surface area contributed by atoms with Crippen LogP contribution in [-0.4, -0.2) is 24.2 Å². The Morgan fingerprint density at radius 2 is 2.32 bits per heavy atom. The van der Waals surface area contributed by atoms with Crippen molar-refractivity contribution in [3.8, 4) is 0 Å². The molecule has 0 aliphatic carbocycles. The minimum absolute atomic E-state index is 0.0499. The van der Waals surface area contributed by atoms with Gasteiger partial charge in [0, 0.05) is 10.5 Å². The molecule has 6 heteroatoms. The van der Waals surface area contributed by atoms with E-state index in [0.717, 1.165) is 4.90 Å². The molecule has 5 nitrogen and oxygen atoms in total. The molecule has 0 atom stereocenters. The Morgan fingerprint density at radius 1 is 1.53 bits per heavy atom. The van der Waals surface area contributed by atoms with E-state index in [2.05, 4.69) is 10.8 Å². The Balaban J connectivity index is 2.02. The quantitative estimate of drug-likeness (QED) is 0.828. The molecule has 0 fully saturated rings. The maximum atomic E-state index is 11.8. The lowest BCUT2D eigenvalue weighted by Crippen LogP contribution is -2.26.